The van der Waals surface area contributed by atoms with E-state index < -0.39 is 0 Å². The summed E-state index contributed by atoms with van der Waals surface area (Å²) in [5, 5.41) is 0. The van der Waals surface area contributed by atoms with Crippen molar-refractivity contribution in [2.75, 3.05) is 11.5 Å². The van der Waals surface area contributed by atoms with E-state index in [2.05, 4.69) is 0 Å². The largest absolute Gasteiger partial charge is 0.484 e. The second kappa shape index (κ2) is 7.58. The van der Waals surface area contributed by atoms with Crippen LogP contribution in [0.15, 0.2) is 54.6 Å². The molecule has 2 aromatic carbocycles. The van der Waals surface area contributed by atoms with Crippen molar-refractivity contribution in [1.82, 2.24) is 0 Å². The Balaban J connectivity index is 2.08. The van der Waals surface area contributed by atoms with Gasteiger partial charge in [0.05, 0.1) is 0 Å². The zero-order valence-corrected chi connectivity index (χ0v) is 13.7. The zero-order valence-electron chi connectivity index (χ0n) is 13.7. The minimum Gasteiger partial charge on any atom is -0.484 e. The predicted octanol–water partition coefficient (Wildman–Crippen LogP) is 3.71. The van der Waals surface area contributed by atoms with Crippen LogP contribution in [0.5, 0.6) is 5.75 Å². The highest BCUT2D eigenvalue weighted by Crippen LogP contribution is 2.18. The van der Waals surface area contributed by atoms with Gasteiger partial charge in [-0.05, 0) is 45.0 Å². The van der Waals surface area contributed by atoms with Crippen LogP contribution in [-0.2, 0) is 4.79 Å². The number of hydrogen-bond donors (Lipinski definition) is 0. The van der Waals surface area contributed by atoms with E-state index in [-0.39, 0.29) is 24.3 Å². The standard InChI is InChI=1S/C19H21NO3/c1-14(2)20(17-9-5-4-6-10-17)19(22)13-23-18-11-7-8-16(12-18)15(3)21/h4-12,14H,13H2,1-3H3. The molecule has 1 amide bonds. The van der Waals surface area contributed by atoms with E-state index >= 15 is 0 Å². The molecular weight excluding hydrogens is 290 g/mol. The van der Waals surface area contributed by atoms with Crippen molar-refractivity contribution >= 4 is 17.4 Å². The van der Waals surface area contributed by atoms with E-state index in [9.17, 15) is 9.59 Å². The van der Waals surface area contributed by atoms with E-state index in [4.69, 9.17) is 4.74 Å². The first-order valence-corrected chi connectivity index (χ1v) is 7.60. The number of ketones is 1. The third-order valence-electron chi connectivity index (χ3n) is 3.42. The molecule has 0 aliphatic rings. The molecule has 0 aliphatic heterocycles. The molecule has 23 heavy (non-hydrogen) atoms. The van der Waals surface area contributed by atoms with E-state index in [1.165, 1.54) is 6.92 Å². The molecule has 0 heterocycles. The van der Waals surface area contributed by atoms with Gasteiger partial charge in [0, 0.05) is 17.3 Å². The van der Waals surface area contributed by atoms with Crippen molar-refractivity contribution in [3.63, 3.8) is 0 Å². The number of para-hydroxylation sites is 1. The van der Waals surface area contributed by atoms with Crippen LogP contribution in [-0.4, -0.2) is 24.3 Å². The van der Waals surface area contributed by atoms with Gasteiger partial charge in [-0.3, -0.25) is 9.59 Å². The molecule has 0 aromatic heterocycles. The van der Waals surface area contributed by atoms with E-state index in [1.54, 1.807) is 29.2 Å². The summed E-state index contributed by atoms with van der Waals surface area (Å²) in [6.45, 7) is 5.34. The van der Waals surface area contributed by atoms with Gasteiger partial charge in [0.2, 0.25) is 0 Å². The molecule has 0 fully saturated rings. The summed E-state index contributed by atoms with van der Waals surface area (Å²) in [5.41, 5.74) is 1.41. The highest BCUT2D eigenvalue weighted by atomic mass is 16.5. The molecule has 0 saturated heterocycles. The van der Waals surface area contributed by atoms with Crippen LogP contribution in [0.3, 0.4) is 0 Å². The second-order valence-electron chi connectivity index (χ2n) is 5.57. The molecule has 2 rings (SSSR count). The maximum atomic E-state index is 12.5. The average Bonchev–Trinajstić information content (AvgIpc) is 2.54. The van der Waals surface area contributed by atoms with Gasteiger partial charge in [0.25, 0.3) is 5.91 Å². The monoisotopic (exact) mass is 311 g/mol. The first-order chi connectivity index (χ1) is 11.0. The lowest BCUT2D eigenvalue weighted by molar-refractivity contribution is -0.120. The number of benzene rings is 2. The summed E-state index contributed by atoms with van der Waals surface area (Å²) in [6, 6.07) is 16.4. The number of nitrogens with zero attached hydrogens (tertiary/aromatic N) is 1. The van der Waals surface area contributed by atoms with E-state index in [1.807, 2.05) is 44.2 Å². The van der Waals surface area contributed by atoms with E-state index in [0.717, 1.165) is 5.69 Å². The Hall–Kier alpha value is -2.62. The SMILES string of the molecule is CC(=O)c1cccc(OCC(=O)N(c2ccccc2)C(C)C)c1. The first-order valence-electron chi connectivity index (χ1n) is 7.60. The smallest absolute Gasteiger partial charge is 0.265 e. The van der Waals surface area contributed by atoms with Crippen molar-refractivity contribution in [1.29, 1.82) is 0 Å². The Bertz CT molecular complexity index is 680. The van der Waals surface area contributed by atoms with Crippen LogP contribution in [0.2, 0.25) is 0 Å². The van der Waals surface area contributed by atoms with Gasteiger partial charge in [-0.1, -0.05) is 30.3 Å². The van der Waals surface area contributed by atoms with Crippen LogP contribution in [0, 0.1) is 0 Å². The minimum atomic E-state index is -0.126. The van der Waals surface area contributed by atoms with Crippen molar-refractivity contribution in [2.45, 2.75) is 26.8 Å². The van der Waals surface area contributed by atoms with Crippen molar-refractivity contribution in [2.24, 2.45) is 0 Å². The summed E-state index contributed by atoms with van der Waals surface area (Å²) in [5.74, 6) is 0.358. The minimum absolute atomic E-state index is 0.0250. The number of anilines is 1. The summed E-state index contributed by atoms with van der Waals surface area (Å²) < 4.78 is 5.57. The number of rotatable bonds is 6. The molecule has 2 aromatic rings. The number of ether oxygens (including phenoxy) is 1. The highest BCUT2D eigenvalue weighted by Gasteiger charge is 2.19. The quantitative estimate of drug-likeness (QED) is 0.764. The Morgan fingerprint density at radius 2 is 1.74 bits per heavy atom. The zero-order chi connectivity index (χ0) is 16.8. The summed E-state index contributed by atoms with van der Waals surface area (Å²) in [7, 11) is 0. The fraction of sp³-hybridized carbons (Fsp3) is 0.263. The average molecular weight is 311 g/mol. The topological polar surface area (TPSA) is 46.6 Å². The summed E-state index contributed by atoms with van der Waals surface area (Å²) >= 11 is 0. The molecule has 4 heteroatoms. The fourth-order valence-electron chi connectivity index (χ4n) is 2.34. The molecule has 0 bridgehead atoms. The van der Waals surface area contributed by atoms with Crippen LogP contribution in [0.4, 0.5) is 5.69 Å². The van der Waals surface area contributed by atoms with Gasteiger partial charge in [0.1, 0.15) is 5.75 Å². The number of carbonyl (C=O) groups is 2. The van der Waals surface area contributed by atoms with Gasteiger partial charge in [-0.15, -0.1) is 0 Å². The maximum Gasteiger partial charge on any atom is 0.265 e. The number of hydrogen-bond acceptors (Lipinski definition) is 3. The summed E-state index contributed by atoms with van der Waals surface area (Å²) in [6.07, 6.45) is 0. The molecule has 0 radical (unpaired) electrons. The first kappa shape index (κ1) is 16.7. The Labute approximate surface area is 136 Å². The van der Waals surface area contributed by atoms with Crippen molar-refractivity contribution < 1.29 is 14.3 Å². The fourth-order valence-corrected chi connectivity index (χ4v) is 2.34. The van der Waals surface area contributed by atoms with Crippen molar-refractivity contribution in [3.05, 3.63) is 60.2 Å². The van der Waals surface area contributed by atoms with E-state index in [0.29, 0.717) is 11.3 Å². The van der Waals surface area contributed by atoms with Gasteiger partial charge >= 0.3 is 0 Å². The lowest BCUT2D eigenvalue weighted by Gasteiger charge is -2.26. The Kier molecular flexibility index (Phi) is 5.52. The van der Waals surface area contributed by atoms with Gasteiger partial charge in [-0.2, -0.15) is 0 Å². The lowest BCUT2D eigenvalue weighted by atomic mass is 10.1. The molecule has 0 saturated carbocycles. The molecule has 0 atom stereocenters. The molecule has 0 spiro atoms. The maximum absolute atomic E-state index is 12.5. The number of amides is 1. The molecule has 4 nitrogen and oxygen atoms in total. The van der Waals surface area contributed by atoms with Crippen molar-refractivity contribution in [3.8, 4) is 5.75 Å². The molecule has 0 aliphatic carbocycles. The van der Waals surface area contributed by atoms with Crippen LogP contribution >= 0.6 is 0 Å². The highest BCUT2D eigenvalue weighted by molar-refractivity contribution is 5.95. The normalized spacial score (nSPS) is 10.4. The Morgan fingerprint density at radius 1 is 1.04 bits per heavy atom. The van der Waals surface area contributed by atoms with Crippen LogP contribution < -0.4 is 9.64 Å². The lowest BCUT2D eigenvalue weighted by Crippen LogP contribution is -2.40. The predicted molar refractivity (Wildman–Crippen MR) is 91.0 cm³/mol. The molecular formula is C19H21NO3. The summed E-state index contributed by atoms with van der Waals surface area (Å²) in [4.78, 5) is 25.6. The van der Waals surface area contributed by atoms with Gasteiger partial charge in [-0.25, -0.2) is 0 Å². The molecule has 0 unspecified atom stereocenters. The van der Waals surface area contributed by atoms with Gasteiger partial charge in [0.15, 0.2) is 12.4 Å². The number of carbonyl (C=O) groups excluding carboxylic acids is 2. The molecule has 0 N–H and O–H groups in total. The van der Waals surface area contributed by atoms with Gasteiger partial charge < -0.3 is 9.64 Å². The van der Waals surface area contributed by atoms with Crippen LogP contribution in [0.25, 0.3) is 0 Å². The number of Topliss-reactive ketones (excluding diaryl/α,β-unsaturated/α-hetero) is 1. The Morgan fingerprint density at radius 3 is 2.35 bits per heavy atom. The molecule has 120 valence electrons. The third kappa shape index (κ3) is 4.42. The van der Waals surface area contributed by atoms with Crippen LogP contribution in [0.1, 0.15) is 31.1 Å². The second-order valence-corrected chi connectivity index (χ2v) is 5.57. The third-order valence-corrected chi connectivity index (χ3v) is 3.42.